The minimum Gasteiger partial charge on any atom is -0.494 e. The molecular formula is C24H29F2N5O3. The highest BCUT2D eigenvalue weighted by atomic mass is 19.3. The molecule has 2 N–H and O–H groups in total. The topological polar surface area (TPSA) is 97.6 Å². The van der Waals surface area contributed by atoms with Crippen molar-refractivity contribution in [2.24, 2.45) is 0 Å². The van der Waals surface area contributed by atoms with E-state index in [2.05, 4.69) is 20.6 Å². The van der Waals surface area contributed by atoms with Crippen molar-refractivity contribution in [1.82, 2.24) is 19.7 Å². The standard InChI is InChI=1S/C18H16F2N4O2.C4H7NO.C2H6/c1-26-15-7-16-22-13(10-5-6-10)8-24(16)9-14(15)23-18(25)12-4-2-3-11(21-12)17(19)20;6-4-2-1-3-5-4;1-2/h2-4,7-10,17H,5-6H2,1H3,(H,23,25);1-3H2,(H,5,6);1-2H3. The molecule has 3 aromatic heterocycles. The number of carbonyl (C=O) groups excluding carboxylic acids is 2. The number of carbonyl (C=O) groups is 2. The van der Waals surface area contributed by atoms with Crippen LogP contribution >= 0.6 is 0 Å². The third kappa shape index (κ3) is 6.27. The molecule has 34 heavy (non-hydrogen) atoms. The smallest absolute Gasteiger partial charge is 0.280 e. The monoisotopic (exact) mass is 473 g/mol. The highest BCUT2D eigenvalue weighted by molar-refractivity contribution is 6.03. The Morgan fingerprint density at radius 3 is 2.56 bits per heavy atom. The fourth-order valence-electron chi connectivity index (χ4n) is 3.32. The highest BCUT2D eigenvalue weighted by Crippen LogP contribution is 2.40. The molecule has 3 aromatic rings. The lowest BCUT2D eigenvalue weighted by Crippen LogP contribution is -2.15. The fourth-order valence-corrected chi connectivity index (χ4v) is 3.32. The van der Waals surface area contributed by atoms with Crippen molar-refractivity contribution in [1.29, 1.82) is 0 Å². The van der Waals surface area contributed by atoms with Crippen LogP contribution in [0, 0.1) is 0 Å². The van der Waals surface area contributed by atoms with Gasteiger partial charge in [-0.05, 0) is 31.4 Å². The second-order valence-corrected chi connectivity index (χ2v) is 7.62. The SMILES string of the molecule is CC.COc1cc2nc(C3CC3)cn2cc1NC(=O)c1cccc(C(F)F)n1.O=C1CCCN1. The Kier molecular flexibility index (Phi) is 8.50. The first kappa shape index (κ1) is 25.1. The van der Waals surface area contributed by atoms with Crippen molar-refractivity contribution in [3.63, 3.8) is 0 Å². The first-order valence-electron chi connectivity index (χ1n) is 11.3. The number of imidazole rings is 1. The number of anilines is 1. The molecule has 0 unspecified atom stereocenters. The molecule has 2 fully saturated rings. The van der Waals surface area contributed by atoms with Crippen LogP contribution in [0.15, 0.2) is 36.7 Å². The third-order valence-electron chi connectivity index (χ3n) is 5.17. The summed E-state index contributed by atoms with van der Waals surface area (Å²) in [6.07, 6.45) is 4.92. The summed E-state index contributed by atoms with van der Waals surface area (Å²) in [5, 5.41) is 5.35. The Hall–Kier alpha value is -3.56. The van der Waals surface area contributed by atoms with E-state index in [1.807, 2.05) is 24.4 Å². The van der Waals surface area contributed by atoms with Gasteiger partial charge in [0.2, 0.25) is 5.91 Å². The van der Waals surface area contributed by atoms with Gasteiger partial charge in [0.25, 0.3) is 12.3 Å². The maximum Gasteiger partial charge on any atom is 0.280 e. The lowest BCUT2D eigenvalue weighted by Gasteiger charge is -2.11. The average Bonchev–Trinajstić information content (AvgIpc) is 3.45. The first-order valence-corrected chi connectivity index (χ1v) is 11.3. The van der Waals surface area contributed by atoms with Crippen LogP contribution in [0.3, 0.4) is 0 Å². The molecule has 1 aliphatic heterocycles. The van der Waals surface area contributed by atoms with Crippen LogP contribution in [0.1, 0.15) is 73.8 Å². The Balaban J connectivity index is 0.000000348. The molecule has 0 atom stereocenters. The van der Waals surface area contributed by atoms with Crippen LogP contribution in [-0.2, 0) is 4.79 Å². The number of hydrogen-bond donors (Lipinski definition) is 2. The fraction of sp³-hybridized carbons (Fsp3) is 0.417. The van der Waals surface area contributed by atoms with Crippen molar-refractivity contribution < 1.29 is 23.1 Å². The Morgan fingerprint density at radius 1 is 1.24 bits per heavy atom. The Bertz CT molecular complexity index is 1140. The number of fused-ring (bicyclic) bond motifs is 1. The van der Waals surface area contributed by atoms with Gasteiger partial charge in [0.05, 0.1) is 12.8 Å². The molecule has 0 spiro atoms. The first-order chi connectivity index (χ1) is 16.4. The number of hydrogen-bond acceptors (Lipinski definition) is 5. The maximum atomic E-state index is 12.8. The van der Waals surface area contributed by atoms with Gasteiger partial charge >= 0.3 is 0 Å². The van der Waals surface area contributed by atoms with Gasteiger partial charge in [-0.25, -0.2) is 18.7 Å². The summed E-state index contributed by atoms with van der Waals surface area (Å²) in [7, 11) is 1.49. The second-order valence-electron chi connectivity index (χ2n) is 7.62. The van der Waals surface area contributed by atoms with Gasteiger partial charge in [-0.15, -0.1) is 0 Å². The van der Waals surface area contributed by atoms with Gasteiger partial charge in [0.15, 0.2) is 0 Å². The molecule has 2 amide bonds. The summed E-state index contributed by atoms with van der Waals surface area (Å²) >= 11 is 0. The molecule has 0 radical (unpaired) electrons. The summed E-state index contributed by atoms with van der Waals surface area (Å²) in [5.41, 5.74) is 1.62. The molecule has 1 aliphatic carbocycles. The second kappa shape index (κ2) is 11.5. The van der Waals surface area contributed by atoms with E-state index in [0.717, 1.165) is 43.6 Å². The van der Waals surface area contributed by atoms with Crippen LogP contribution < -0.4 is 15.4 Å². The number of rotatable bonds is 5. The number of nitrogens with zero attached hydrogens (tertiary/aromatic N) is 3. The number of alkyl halides is 2. The molecule has 2 aliphatic rings. The largest absolute Gasteiger partial charge is 0.494 e. The Morgan fingerprint density at radius 2 is 2.00 bits per heavy atom. The van der Waals surface area contributed by atoms with E-state index in [0.29, 0.717) is 17.4 Å². The summed E-state index contributed by atoms with van der Waals surface area (Å²) in [4.78, 5) is 30.8. The normalized spacial score (nSPS) is 14.6. The molecule has 5 rings (SSSR count). The van der Waals surface area contributed by atoms with Crippen LogP contribution in [-0.4, -0.2) is 39.8 Å². The lowest BCUT2D eigenvalue weighted by atomic mass is 10.2. The quantitative estimate of drug-likeness (QED) is 0.559. The molecule has 182 valence electrons. The van der Waals surface area contributed by atoms with E-state index in [9.17, 15) is 18.4 Å². The summed E-state index contributed by atoms with van der Waals surface area (Å²) in [6, 6.07) is 5.67. The highest BCUT2D eigenvalue weighted by Gasteiger charge is 2.26. The van der Waals surface area contributed by atoms with E-state index in [-0.39, 0.29) is 11.6 Å². The van der Waals surface area contributed by atoms with Gasteiger partial charge in [-0.2, -0.15) is 0 Å². The summed E-state index contributed by atoms with van der Waals surface area (Å²) < 4.78 is 32.7. The van der Waals surface area contributed by atoms with Crippen molar-refractivity contribution in [2.45, 2.75) is 51.9 Å². The van der Waals surface area contributed by atoms with Crippen LogP contribution in [0.5, 0.6) is 5.75 Å². The van der Waals surface area contributed by atoms with E-state index in [1.165, 1.54) is 25.3 Å². The van der Waals surface area contributed by atoms with Crippen molar-refractivity contribution in [2.75, 3.05) is 19.0 Å². The maximum absolute atomic E-state index is 12.8. The molecule has 0 bridgehead atoms. The van der Waals surface area contributed by atoms with Gasteiger partial charge < -0.3 is 19.8 Å². The van der Waals surface area contributed by atoms with E-state index in [1.54, 1.807) is 12.3 Å². The van der Waals surface area contributed by atoms with Crippen LogP contribution in [0.4, 0.5) is 14.5 Å². The van der Waals surface area contributed by atoms with Crippen LogP contribution in [0.25, 0.3) is 5.65 Å². The molecule has 8 nitrogen and oxygen atoms in total. The van der Waals surface area contributed by atoms with E-state index in [4.69, 9.17) is 4.74 Å². The van der Waals surface area contributed by atoms with Crippen molar-refractivity contribution in [3.8, 4) is 5.75 Å². The van der Waals surface area contributed by atoms with E-state index >= 15 is 0 Å². The summed E-state index contributed by atoms with van der Waals surface area (Å²) in [5.74, 6) is 0.548. The molecular weight excluding hydrogens is 444 g/mol. The van der Waals surface area contributed by atoms with Gasteiger partial charge in [0.1, 0.15) is 28.5 Å². The van der Waals surface area contributed by atoms with Crippen molar-refractivity contribution >= 4 is 23.1 Å². The number of ether oxygens (including phenoxy) is 1. The molecule has 4 heterocycles. The summed E-state index contributed by atoms with van der Waals surface area (Å²) in [6.45, 7) is 4.89. The predicted molar refractivity (Wildman–Crippen MR) is 124 cm³/mol. The predicted octanol–water partition coefficient (Wildman–Crippen LogP) is 4.73. The zero-order valence-electron chi connectivity index (χ0n) is 19.5. The minimum atomic E-state index is -2.74. The molecule has 1 saturated heterocycles. The number of aromatic nitrogens is 3. The number of methoxy groups -OCH3 is 1. The number of nitrogens with one attached hydrogen (secondary N) is 2. The lowest BCUT2D eigenvalue weighted by molar-refractivity contribution is -0.119. The number of halogens is 2. The van der Waals surface area contributed by atoms with E-state index < -0.39 is 18.0 Å². The molecule has 10 heteroatoms. The van der Waals surface area contributed by atoms with Crippen LogP contribution in [0.2, 0.25) is 0 Å². The van der Waals surface area contributed by atoms with Gasteiger partial charge in [-0.3, -0.25) is 9.59 Å². The van der Waals surface area contributed by atoms with Crippen molar-refractivity contribution in [3.05, 3.63) is 53.7 Å². The third-order valence-corrected chi connectivity index (χ3v) is 5.17. The minimum absolute atomic E-state index is 0.0887. The molecule has 1 saturated carbocycles. The Labute approximate surface area is 196 Å². The zero-order chi connectivity index (χ0) is 24.7. The van der Waals surface area contributed by atoms with Gasteiger partial charge in [0, 0.05) is 37.3 Å². The zero-order valence-corrected chi connectivity index (χ0v) is 19.5. The van der Waals surface area contributed by atoms with Gasteiger partial charge in [-0.1, -0.05) is 19.9 Å². The number of pyridine rings is 2. The average molecular weight is 474 g/mol. The number of amides is 2. The molecule has 0 aromatic carbocycles.